The predicted octanol–water partition coefficient (Wildman–Crippen LogP) is 5.66. The number of hydrogen-bond donors (Lipinski definition) is 1. The van der Waals surface area contributed by atoms with Gasteiger partial charge in [0, 0.05) is 11.3 Å². The third kappa shape index (κ3) is 10.4. The van der Waals surface area contributed by atoms with Crippen LogP contribution < -0.4 is 5.32 Å². The first-order valence-electron chi connectivity index (χ1n) is 12.1. The first kappa shape index (κ1) is 31.1. The van der Waals surface area contributed by atoms with E-state index < -0.39 is 47.2 Å². The lowest BCUT2D eigenvalue weighted by atomic mass is 9.96. The zero-order valence-corrected chi connectivity index (χ0v) is 21.5. The van der Waals surface area contributed by atoms with Crippen molar-refractivity contribution in [3.05, 3.63) is 29.8 Å². The number of hydrogen-bond acceptors (Lipinski definition) is 7. The van der Waals surface area contributed by atoms with Crippen LogP contribution in [0.2, 0.25) is 0 Å². The summed E-state index contributed by atoms with van der Waals surface area (Å²) in [5, 5.41) is 2.60. The van der Waals surface area contributed by atoms with Gasteiger partial charge in [0.1, 0.15) is 5.60 Å². The fraction of sp³-hybridized carbons (Fsp3) is 0.615. The molecular weight excluding hydrogens is 479 g/mol. The van der Waals surface area contributed by atoms with Crippen molar-refractivity contribution in [1.29, 1.82) is 0 Å². The van der Waals surface area contributed by atoms with Gasteiger partial charge in [-0.15, -0.1) is 0 Å². The molecule has 0 heterocycles. The molecule has 0 aliphatic carbocycles. The molecule has 0 fully saturated rings. The van der Waals surface area contributed by atoms with Crippen molar-refractivity contribution in [3.63, 3.8) is 0 Å². The minimum absolute atomic E-state index is 0.00627. The van der Waals surface area contributed by atoms with Gasteiger partial charge in [0.15, 0.2) is 5.78 Å². The molecule has 0 bridgehead atoms. The molecule has 0 spiro atoms. The van der Waals surface area contributed by atoms with Crippen molar-refractivity contribution in [1.82, 2.24) is 0 Å². The zero-order chi connectivity index (χ0) is 27.5. The SMILES string of the molecule is CCCCCCCC(Nc1ccc(C(=O)C(C(=O)OCC)C(=O)OC(C)(C)C)cc1)C(=O)C(F)(F)F. The van der Waals surface area contributed by atoms with Crippen LogP contribution in [-0.4, -0.2) is 47.9 Å². The van der Waals surface area contributed by atoms with Gasteiger partial charge in [0.25, 0.3) is 5.78 Å². The normalized spacial score (nSPS) is 13.4. The predicted molar refractivity (Wildman–Crippen MR) is 129 cm³/mol. The number of ether oxygens (including phenoxy) is 2. The summed E-state index contributed by atoms with van der Waals surface area (Å²) >= 11 is 0. The molecule has 2 unspecified atom stereocenters. The third-order valence-corrected chi connectivity index (χ3v) is 5.13. The number of ketones is 2. The van der Waals surface area contributed by atoms with Crippen molar-refractivity contribution >= 4 is 29.2 Å². The van der Waals surface area contributed by atoms with E-state index in [1.807, 2.05) is 6.92 Å². The van der Waals surface area contributed by atoms with Gasteiger partial charge < -0.3 is 14.8 Å². The minimum Gasteiger partial charge on any atom is -0.465 e. The second kappa shape index (κ2) is 14.0. The van der Waals surface area contributed by atoms with Crippen LogP contribution in [0.5, 0.6) is 0 Å². The molecule has 0 aliphatic rings. The highest BCUT2D eigenvalue weighted by Gasteiger charge is 2.43. The number of halogens is 3. The molecular formula is C26H36F3NO6. The minimum atomic E-state index is -4.99. The summed E-state index contributed by atoms with van der Waals surface area (Å²) in [6, 6.07) is 3.69. The number of carbonyl (C=O) groups is 4. The van der Waals surface area contributed by atoms with Crippen LogP contribution in [0, 0.1) is 5.92 Å². The summed E-state index contributed by atoms with van der Waals surface area (Å²) in [6.45, 7) is 8.24. The second-order valence-electron chi connectivity index (χ2n) is 9.42. The van der Waals surface area contributed by atoms with Crippen LogP contribution in [-0.2, 0) is 23.9 Å². The van der Waals surface area contributed by atoms with E-state index >= 15 is 0 Å². The topological polar surface area (TPSA) is 98.8 Å². The van der Waals surface area contributed by atoms with Crippen LogP contribution in [0.25, 0.3) is 0 Å². The summed E-state index contributed by atoms with van der Waals surface area (Å²) in [5.41, 5.74) is -0.803. The van der Waals surface area contributed by atoms with E-state index in [9.17, 15) is 32.3 Å². The van der Waals surface area contributed by atoms with Gasteiger partial charge >= 0.3 is 18.1 Å². The average Bonchev–Trinajstić information content (AvgIpc) is 2.76. The molecule has 202 valence electrons. The molecule has 1 aromatic rings. The smallest absolute Gasteiger partial charge is 0.452 e. The maximum Gasteiger partial charge on any atom is 0.452 e. The Labute approximate surface area is 210 Å². The molecule has 0 aromatic heterocycles. The van der Waals surface area contributed by atoms with E-state index in [-0.39, 0.29) is 24.3 Å². The van der Waals surface area contributed by atoms with Crippen molar-refractivity contribution in [3.8, 4) is 0 Å². The Morgan fingerprint density at radius 3 is 1.97 bits per heavy atom. The highest BCUT2D eigenvalue weighted by atomic mass is 19.4. The van der Waals surface area contributed by atoms with E-state index in [0.29, 0.717) is 12.8 Å². The molecule has 10 heteroatoms. The Bertz CT molecular complexity index is 890. The number of anilines is 1. The Balaban J connectivity index is 3.06. The number of Topliss-reactive ketones (excluding diaryl/α,β-unsaturated/α-hetero) is 2. The lowest BCUT2D eigenvalue weighted by Crippen LogP contribution is -2.39. The van der Waals surface area contributed by atoms with Crippen LogP contribution in [0.15, 0.2) is 24.3 Å². The Hall–Kier alpha value is -2.91. The van der Waals surface area contributed by atoms with E-state index in [1.54, 1.807) is 20.8 Å². The van der Waals surface area contributed by atoms with Crippen molar-refractivity contribution in [2.75, 3.05) is 11.9 Å². The monoisotopic (exact) mass is 515 g/mol. The molecule has 1 rings (SSSR count). The van der Waals surface area contributed by atoms with Gasteiger partial charge in [-0.05, 0) is 58.4 Å². The molecule has 7 nitrogen and oxygen atoms in total. The molecule has 0 saturated carbocycles. The molecule has 0 radical (unpaired) electrons. The summed E-state index contributed by atoms with van der Waals surface area (Å²) in [7, 11) is 0. The maximum absolute atomic E-state index is 13.1. The average molecular weight is 516 g/mol. The van der Waals surface area contributed by atoms with Crippen LogP contribution in [0.4, 0.5) is 18.9 Å². The summed E-state index contributed by atoms with van der Waals surface area (Å²) < 4.78 is 49.4. The maximum atomic E-state index is 13.1. The Kier molecular flexibility index (Phi) is 12.1. The van der Waals surface area contributed by atoms with Crippen LogP contribution >= 0.6 is 0 Å². The highest BCUT2D eigenvalue weighted by Crippen LogP contribution is 2.24. The lowest BCUT2D eigenvalue weighted by Gasteiger charge is -2.23. The number of unbranched alkanes of at least 4 members (excludes halogenated alkanes) is 4. The standard InChI is InChI=1S/C26H36F3NO6/c1-6-8-9-10-11-12-19(22(32)26(27,28)29)30-18-15-13-17(14-16-18)21(31)20(23(33)35-7-2)24(34)36-25(3,4)5/h13-16,19-20,30H,6-12H2,1-5H3. The number of benzene rings is 1. The summed E-state index contributed by atoms with van der Waals surface area (Å²) in [5.74, 6) is -6.70. The van der Waals surface area contributed by atoms with Gasteiger partial charge in [-0.25, -0.2) is 0 Å². The Morgan fingerprint density at radius 2 is 1.47 bits per heavy atom. The first-order valence-corrected chi connectivity index (χ1v) is 12.1. The first-order chi connectivity index (χ1) is 16.7. The highest BCUT2D eigenvalue weighted by molar-refractivity contribution is 6.20. The summed E-state index contributed by atoms with van der Waals surface area (Å²) in [4.78, 5) is 49.8. The molecule has 0 amide bonds. The van der Waals surface area contributed by atoms with Gasteiger partial charge in [-0.3, -0.25) is 19.2 Å². The van der Waals surface area contributed by atoms with Gasteiger partial charge in [0.2, 0.25) is 5.92 Å². The van der Waals surface area contributed by atoms with E-state index in [2.05, 4.69) is 5.32 Å². The number of carbonyl (C=O) groups excluding carboxylic acids is 4. The van der Waals surface area contributed by atoms with Crippen molar-refractivity contribution in [2.24, 2.45) is 5.92 Å². The van der Waals surface area contributed by atoms with Crippen molar-refractivity contribution < 1.29 is 41.8 Å². The molecule has 1 aromatic carbocycles. The molecule has 36 heavy (non-hydrogen) atoms. The van der Waals surface area contributed by atoms with Gasteiger partial charge in [-0.1, -0.05) is 39.0 Å². The molecule has 2 atom stereocenters. The molecule has 0 saturated heterocycles. The van der Waals surface area contributed by atoms with Gasteiger partial charge in [-0.2, -0.15) is 13.2 Å². The summed E-state index contributed by atoms with van der Waals surface area (Å²) in [6.07, 6.45) is -0.989. The third-order valence-electron chi connectivity index (χ3n) is 5.13. The fourth-order valence-electron chi connectivity index (χ4n) is 3.41. The zero-order valence-electron chi connectivity index (χ0n) is 21.5. The fourth-order valence-corrected chi connectivity index (χ4v) is 3.41. The number of esters is 2. The Morgan fingerprint density at radius 1 is 0.889 bits per heavy atom. The second-order valence-corrected chi connectivity index (χ2v) is 9.42. The lowest BCUT2D eigenvalue weighted by molar-refractivity contribution is -0.172. The van der Waals surface area contributed by atoms with Crippen LogP contribution in [0.3, 0.4) is 0 Å². The largest absolute Gasteiger partial charge is 0.465 e. The number of alkyl halides is 3. The van der Waals surface area contributed by atoms with E-state index in [4.69, 9.17) is 9.47 Å². The number of rotatable bonds is 14. The number of nitrogens with one attached hydrogen (secondary N) is 1. The van der Waals surface area contributed by atoms with Gasteiger partial charge in [0.05, 0.1) is 12.6 Å². The van der Waals surface area contributed by atoms with Crippen molar-refractivity contribution in [2.45, 2.75) is 91.0 Å². The molecule has 0 aliphatic heterocycles. The quantitative estimate of drug-likeness (QED) is 0.148. The van der Waals surface area contributed by atoms with Crippen LogP contribution in [0.1, 0.15) is 83.5 Å². The van der Waals surface area contributed by atoms with E-state index in [0.717, 1.165) is 19.3 Å². The van der Waals surface area contributed by atoms with E-state index in [1.165, 1.54) is 31.2 Å². The molecule has 1 N–H and O–H groups in total.